The molecule has 0 heterocycles. The predicted molar refractivity (Wildman–Crippen MR) is 43.0 cm³/mol. The van der Waals surface area contributed by atoms with Gasteiger partial charge in [-0.2, -0.15) is 0 Å². The summed E-state index contributed by atoms with van der Waals surface area (Å²) in [6, 6.07) is 0. The zero-order valence-corrected chi connectivity index (χ0v) is 7.41. The molecule has 9 heavy (non-hydrogen) atoms. The van der Waals surface area contributed by atoms with E-state index in [0.717, 1.165) is 19.4 Å². The van der Waals surface area contributed by atoms with Crippen LogP contribution >= 0.6 is 23.4 Å². The van der Waals surface area contributed by atoms with Crippen molar-refractivity contribution in [2.24, 2.45) is 0 Å². The Hall–Kier alpha value is 0.540. The second-order valence-electron chi connectivity index (χ2n) is 2.25. The molecule has 0 fully saturated rings. The number of nitrogens with zero attached hydrogens (tertiary/aromatic N) is 1. The monoisotopic (exact) mass is 169 g/mol. The lowest BCUT2D eigenvalue weighted by atomic mass is 10.2. The molecule has 0 radical (unpaired) electrons. The lowest BCUT2D eigenvalue weighted by Gasteiger charge is -2.06. The first-order chi connectivity index (χ1) is 4.13. The number of halogens is 2. The maximum Gasteiger partial charge on any atom is 0.0308 e. The number of hydrogen-bond donors (Lipinski definition) is 0. The summed E-state index contributed by atoms with van der Waals surface area (Å²) >= 11 is 11.3. The van der Waals surface area contributed by atoms with Crippen molar-refractivity contribution >= 4 is 23.4 Å². The van der Waals surface area contributed by atoms with E-state index in [1.807, 2.05) is 14.0 Å². The van der Waals surface area contributed by atoms with E-state index in [9.17, 15) is 0 Å². The van der Waals surface area contributed by atoms with Gasteiger partial charge in [0.05, 0.1) is 0 Å². The highest BCUT2D eigenvalue weighted by Gasteiger charge is 1.96. The van der Waals surface area contributed by atoms with Crippen molar-refractivity contribution in [3.8, 4) is 0 Å². The molecule has 0 bridgehead atoms. The van der Waals surface area contributed by atoms with E-state index in [2.05, 4.69) is 0 Å². The number of rotatable bonds is 4. The summed E-state index contributed by atoms with van der Waals surface area (Å²) in [4.78, 5) is 0. The Kier molecular flexibility index (Phi) is 5.65. The summed E-state index contributed by atoms with van der Waals surface area (Å²) in [5.74, 6) is 0. The minimum absolute atomic E-state index is 0.279. The van der Waals surface area contributed by atoms with Crippen LogP contribution in [0.15, 0.2) is 0 Å². The van der Waals surface area contributed by atoms with Gasteiger partial charge in [-0.05, 0) is 31.5 Å². The summed E-state index contributed by atoms with van der Waals surface area (Å²) in [7, 11) is 1.85. The van der Waals surface area contributed by atoms with Crippen molar-refractivity contribution in [1.82, 2.24) is 4.42 Å². The third-order valence-corrected chi connectivity index (χ3v) is 1.46. The first kappa shape index (κ1) is 9.54. The Morgan fingerprint density at radius 1 is 1.56 bits per heavy atom. The van der Waals surface area contributed by atoms with Gasteiger partial charge in [-0.25, -0.2) is 4.42 Å². The highest BCUT2D eigenvalue weighted by molar-refractivity contribution is 6.20. The van der Waals surface area contributed by atoms with Crippen molar-refractivity contribution in [3.05, 3.63) is 0 Å². The highest BCUT2D eigenvalue weighted by Crippen LogP contribution is 2.04. The third kappa shape index (κ3) is 8.54. The molecule has 0 aliphatic rings. The molecule has 0 aromatic rings. The van der Waals surface area contributed by atoms with Gasteiger partial charge < -0.3 is 0 Å². The summed E-state index contributed by atoms with van der Waals surface area (Å²) < 4.78 is 1.65. The van der Waals surface area contributed by atoms with Gasteiger partial charge in [0, 0.05) is 19.0 Å². The normalized spacial score (nSPS) is 14.3. The van der Waals surface area contributed by atoms with Crippen molar-refractivity contribution in [1.29, 1.82) is 0 Å². The van der Waals surface area contributed by atoms with Gasteiger partial charge in [-0.3, -0.25) is 0 Å². The second kappa shape index (κ2) is 5.33. The molecule has 56 valence electrons. The number of alkyl halides is 1. The maximum absolute atomic E-state index is 5.70. The van der Waals surface area contributed by atoms with Crippen LogP contribution in [0.1, 0.15) is 19.8 Å². The highest BCUT2D eigenvalue weighted by atomic mass is 35.5. The van der Waals surface area contributed by atoms with Gasteiger partial charge >= 0.3 is 0 Å². The topological polar surface area (TPSA) is 3.24 Å². The zero-order chi connectivity index (χ0) is 7.28. The van der Waals surface area contributed by atoms with Crippen molar-refractivity contribution in [2.45, 2.75) is 25.1 Å². The van der Waals surface area contributed by atoms with E-state index in [1.165, 1.54) is 0 Å². The van der Waals surface area contributed by atoms with Crippen LogP contribution in [-0.4, -0.2) is 23.4 Å². The Morgan fingerprint density at radius 3 is 2.44 bits per heavy atom. The van der Waals surface area contributed by atoms with Crippen LogP contribution < -0.4 is 0 Å². The first-order valence-corrected chi connectivity index (χ1v) is 3.91. The van der Waals surface area contributed by atoms with Gasteiger partial charge in [0.25, 0.3) is 0 Å². The van der Waals surface area contributed by atoms with Crippen LogP contribution in [0.25, 0.3) is 0 Å². The molecule has 1 atom stereocenters. The second-order valence-corrected chi connectivity index (χ2v) is 3.57. The van der Waals surface area contributed by atoms with E-state index >= 15 is 0 Å². The van der Waals surface area contributed by atoms with Crippen LogP contribution in [0.4, 0.5) is 0 Å². The van der Waals surface area contributed by atoms with Gasteiger partial charge in [0.2, 0.25) is 0 Å². The molecule has 0 saturated heterocycles. The Labute approximate surface area is 67.0 Å². The molecule has 0 aliphatic carbocycles. The predicted octanol–water partition coefficient (Wildman–Crippen LogP) is 2.48. The fourth-order valence-electron chi connectivity index (χ4n) is 0.590. The zero-order valence-electron chi connectivity index (χ0n) is 5.90. The minimum atomic E-state index is 0.279. The lowest BCUT2D eigenvalue weighted by Crippen LogP contribution is -2.07. The van der Waals surface area contributed by atoms with E-state index in [1.54, 1.807) is 4.42 Å². The molecule has 0 rings (SSSR count). The van der Waals surface area contributed by atoms with Crippen molar-refractivity contribution in [3.63, 3.8) is 0 Å². The fourth-order valence-corrected chi connectivity index (χ4v) is 0.864. The fraction of sp³-hybridized carbons (Fsp3) is 1.00. The smallest absolute Gasteiger partial charge is 0.0308 e. The SMILES string of the molecule is CC(Cl)CCCN(C)Cl. The van der Waals surface area contributed by atoms with Crippen molar-refractivity contribution < 1.29 is 0 Å². The lowest BCUT2D eigenvalue weighted by molar-refractivity contribution is 0.512. The molecule has 1 nitrogen and oxygen atoms in total. The van der Waals surface area contributed by atoms with Gasteiger partial charge in [0.1, 0.15) is 0 Å². The molecule has 0 N–H and O–H groups in total. The molecule has 0 aromatic carbocycles. The Bertz CT molecular complexity index is 56.1. The van der Waals surface area contributed by atoms with Crippen LogP contribution in [0.5, 0.6) is 0 Å². The van der Waals surface area contributed by atoms with Crippen molar-refractivity contribution in [2.75, 3.05) is 13.6 Å². The van der Waals surface area contributed by atoms with Gasteiger partial charge in [0.15, 0.2) is 0 Å². The summed E-state index contributed by atoms with van der Waals surface area (Å²) in [6.07, 6.45) is 2.11. The molecule has 0 saturated carbocycles. The molecule has 0 aliphatic heterocycles. The van der Waals surface area contributed by atoms with Crippen LogP contribution in [0, 0.1) is 0 Å². The average molecular weight is 170 g/mol. The average Bonchev–Trinajstić information content (AvgIpc) is 1.63. The van der Waals surface area contributed by atoms with E-state index < -0.39 is 0 Å². The Morgan fingerprint density at radius 2 is 2.11 bits per heavy atom. The largest absolute Gasteiger partial charge is 0.223 e. The molecule has 0 spiro atoms. The quantitative estimate of drug-likeness (QED) is 0.462. The molecule has 1 unspecified atom stereocenters. The molecule has 0 amide bonds. The number of hydrogen-bond acceptors (Lipinski definition) is 1. The molecular formula is C6H13Cl2N. The molecule has 0 aromatic heterocycles. The van der Waals surface area contributed by atoms with Crippen LogP contribution in [0.2, 0.25) is 0 Å². The van der Waals surface area contributed by atoms with Crippen LogP contribution in [0.3, 0.4) is 0 Å². The van der Waals surface area contributed by atoms with E-state index in [4.69, 9.17) is 23.4 Å². The standard InChI is InChI=1S/C6H13Cl2N/c1-6(7)4-3-5-9(2)8/h6H,3-5H2,1-2H3. The third-order valence-electron chi connectivity index (χ3n) is 1.07. The summed E-state index contributed by atoms with van der Waals surface area (Å²) in [5.41, 5.74) is 0. The first-order valence-electron chi connectivity index (χ1n) is 3.14. The Balaban J connectivity index is 2.91. The molecular weight excluding hydrogens is 157 g/mol. The maximum atomic E-state index is 5.70. The summed E-state index contributed by atoms with van der Waals surface area (Å²) in [5, 5.41) is 0.279. The van der Waals surface area contributed by atoms with E-state index in [0.29, 0.717) is 0 Å². The van der Waals surface area contributed by atoms with Crippen LogP contribution in [-0.2, 0) is 0 Å². The van der Waals surface area contributed by atoms with Gasteiger partial charge in [-0.15, -0.1) is 11.6 Å². The minimum Gasteiger partial charge on any atom is -0.223 e. The molecule has 3 heteroatoms. The van der Waals surface area contributed by atoms with E-state index in [-0.39, 0.29) is 5.38 Å². The summed E-state index contributed by atoms with van der Waals surface area (Å²) in [6.45, 7) is 2.91. The van der Waals surface area contributed by atoms with Gasteiger partial charge in [-0.1, -0.05) is 0 Å².